The molecule has 0 aliphatic carbocycles. The second-order valence-electron chi connectivity index (χ2n) is 7.32. The van der Waals surface area contributed by atoms with Gasteiger partial charge in [-0.1, -0.05) is 41.9 Å². The quantitative estimate of drug-likeness (QED) is 0.771. The molecule has 2 heterocycles. The molecule has 0 spiro atoms. The summed E-state index contributed by atoms with van der Waals surface area (Å²) in [7, 11) is -3.06. The molecule has 0 saturated carbocycles. The number of halogens is 1. The maximum atomic E-state index is 13.3. The summed E-state index contributed by atoms with van der Waals surface area (Å²) in [5.74, 6) is 0.878. The van der Waals surface area contributed by atoms with Crippen molar-refractivity contribution in [2.45, 2.75) is 12.5 Å². The highest BCUT2D eigenvalue weighted by molar-refractivity contribution is 7.91. The number of nitrogens with zero attached hydrogens (tertiary/aromatic N) is 1. The molecule has 1 saturated heterocycles. The van der Waals surface area contributed by atoms with Gasteiger partial charge in [-0.05, 0) is 5.56 Å². The van der Waals surface area contributed by atoms with E-state index < -0.39 is 15.9 Å². The van der Waals surface area contributed by atoms with Gasteiger partial charge in [0.2, 0.25) is 5.91 Å². The number of ether oxygens (including phenoxy) is 2. The molecule has 0 aromatic heterocycles. The summed E-state index contributed by atoms with van der Waals surface area (Å²) in [6.07, 6.45) is 0.766. The number of amides is 1. The van der Waals surface area contributed by atoms with E-state index in [1.165, 1.54) is 0 Å². The molecule has 1 fully saturated rings. The molecule has 2 aromatic carbocycles. The van der Waals surface area contributed by atoms with E-state index in [4.69, 9.17) is 21.1 Å². The van der Waals surface area contributed by atoms with Gasteiger partial charge < -0.3 is 14.8 Å². The molecule has 7 nitrogen and oxygen atoms in total. The molecule has 0 radical (unpaired) electrons. The average molecular weight is 451 g/mol. The highest BCUT2D eigenvalue weighted by Crippen LogP contribution is 2.38. The van der Waals surface area contributed by atoms with Crippen molar-refractivity contribution in [2.75, 3.05) is 43.1 Å². The predicted molar refractivity (Wildman–Crippen MR) is 115 cm³/mol. The van der Waals surface area contributed by atoms with Crippen LogP contribution in [0.4, 0.5) is 5.69 Å². The number of carbonyl (C=O) groups is 1. The van der Waals surface area contributed by atoms with E-state index in [9.17, 15) is 13.2 Å². The number of anilines is 1. The standard InChI is InChI=1S/C21H23ClN2O5S/c22-16-13-18-19(29-10-4-9-28-18)14-17(16)23-21(25)20(15-5-2-1-3-6-15)24-7-11-30(26,27)12-8-24/h1-3,5-6,13-14,20H,4,7-12H2,(H,23,25). The molecule has 30 heavy (non-hydrogen) atoms. The van der Waals surface area contributed by atoms with Crippen molar-refractivity contribution in [3.05, 3.63) is 53.1 Å². The Hall–Kier alpha value is -2.29. The Balaban J connectivity index is 1.60. The summed E-state index contributed by atoms with van der Waals surface area (Å²) >= 11 is 6.39. The number of fused-ring (bicyclic) bond motifs is 1. The smallest absolute Gasteiger partial charge is 0.246 e. The molecule has 0 bridgehead atoms. The minimum absolute atomic E-state index is 0.0361. The summed E-state index contributed by atoms with van der Waals surface area (Å²) in [4.78, 5) is 15.2. The van der Waals surface area contributed by atoms with Crippen LogP contribution in [0.3, 0.4) is 0 Å². The Labute approximate surface area is 180 Å². The Morgan fingerprint density at radius 2 is 1.67 bits per heavy atom. The zero-order valence-electron chi connectivity index (χ0n) is 16.3. The number of benzene rings is 2. The third-order valence-electron chi connectivity index (χ3n) is 5.20. The van der Waals surface area contributed by atoms with Gasteiger partial charge in [0.1, 0.15) is 6.04 Å². The van der Waals surface area contributed by atoms with Crippen LogP contribution in [0.2, 0.25) is 5.02 Å². The van der Waals surface area contributed by atoms with Crippen molar-refractivity contribution in [1.29, 1.82) is 0 Å². The van der Waals surface area contributed by atoms with Gasteiger partial charge in [-0.2, -0.15) is 0 Å². The third-order valence-corrected chi connectivity index (χ3v) is 7.12. The van der Waals surface area contributed by atoms with E-state index in [0.717, 1.165) is 12.0 Å². The zero-order chi connectivity index (χ0) is 21.1. The van der Waals surface area contributed by atoms with Crippen molar-refractivity contribution in [3.8, 4) is 11.5 Å². The van der Waals surface area contributed by atoms with Crippen molar-refractivity contribution in [1.82, 2.24) is 4.90 Å². The molecule has 4 rings (SSSR count). The summed E-state index contributed by atoms with van der Waals surface area (Å²) in [5, 5.41) is 3.25. The summed E-state index contributed by atoms with van der Waals surface area (Å²) in [5.41, 5.74) is 1.22. The normalized spacial score (nSPS) is 19.5. The number of hydrogen-bond donors (Lipinski definition) is 1. The maximum Gasteiger partial charge on any atom is 0.246 e. The van der Waals surface area contributed by atoms with Gasteiger partial charge in [-0.15, -0.1) is 0 Å². The fourth-order valence-corrected chi connectivity index (χ4v) is 5.06. The number of rotatable bonds is 4. The third kappa shape index (κ3) is 4.71. The van der Waals surface area contributed by atoms with Crippen LogP contribution in [0, 0.1) is 0 Å². The second kappa shape index (κ2) is 8.83. The number of nitrogens with one attached hydrogen (secondary N) is 1. The minimum Gasteiger partial charge on any atom is -0.490 e. The van der Waals surface area contributed by atoms with Crippen LogP contribution in [0.15, 0.2) is 42.5 Å². The van der Waals surface area contributed by atoms with Gasteiger partial charge in [0.05, 0.1) is 35.4 Å². The topological polar surface area (TPSA) is 84.9 Å². The zero-order valence-corrected chi connectivity index (χ0v) is 17.9. The Morgan fingerprint density at radius 1 is 1.03 bits per heavy atom. The SMILES string of the molecule is O=C(Nc1cc2c(cc1Cl)OCCCO2)C(c1ccccc1)N1CCS(=O)(=O)CC1. The molecular weight excluding hydrogens is 428 g/mol. The van der Waals surface area contributed by atoms with Crippen LogP contribution in [0.5, 0.6) is 11.5 Å². The van der Waals surface area contributed by atoms with Gasteiger partial charge in [-0.25, -0.2) is 8.42 Å². The van der Waals surface area contributed by atoms with Gasteiger partial charge in [0, 0.05) is 31.6 Å². The van der Waals surface area contributed by atoms with Crippen LogP contribution in [-0.2, 0) is 14.6 Å². The van der Waals surface area contributed by atoms with Crippen LogP contribution < -0.4 is 14.8 Å². The highest BCUT2D eigenvalue weighted by Gasteiger charge is 2.33. The fraction of sp³-hybridized carbons (Fsp3) is 0.381. The van der Waals surface area contributed by atoms with Crippen LogP contribution in [0.25, 0.3) is 0 Å². The lowest BCUT2D eigenvalue weighted by Gasteiger charge is -2.33. The van der Waals surface area contributed by atoms with E-state index in [1.807, 2.05) is 35.2 Å². The lowest BCUT2D eigenvalue weighted by molar-refractivity contribution is -0.121. The van der Waals surface area contributed by atoms with E-state index in [2.05, 4.69) is 5.32 Å². The van der Waals surface area contributed by atoms with Crippen LogP contribution in [0.1, 0.15) is 18.0 Å². The van der Waals surface area contributed by atoms with Crippen molar-refractivity contribution >= 4 is 33.0 Å². The molecule has 2 aliphatic rings. The van der Waals surface area contributed by atoms with Gasteiger partial charge in [-0.3, -0.25) is 9.69 Å². The summed E-state index contributed by atoms with van der Waals surface area (Å²) < 4.78 is 35.0. The van der Waals surface area contributed by atoms with E-state index in [0.29, 0.717) is 48.5 Å². The first-order chi connectivity index (χ1) is 14.4. The van der Waals surface area contributed by atoms with E-state index >= 15 is 0 Å². The van der Waals surface area contributed by atoms with Gasteiger partial charge in [0.15, 0.2) is 21.3 Å². The van der Waals surface area contributed by atoms with Crippen molar-refractivity contribution in [3.63, 3.8) is 0 Å². The molecule has 2 aliphatic heterocycles. The number of sulfone groups is 1. The number of carbonyl (C=O) groups excluding carboxylic acids is 1. The van der Waals surface area contributed by atoms with Crippen LogP contribution >= 0.6 is 11.6 Å². The summed E-state index contributed by atoms with van der Waals surface area (Å²) in [6.45, 7) is 1.66. The largest absolute Gasteiger partial charge is 0.490 e. The molecule has 1 atom stereocenters. The molecule has 1 unspecified atom stereocenters. The molecule has 160 valence electrons. The van der Waals surface area contributed by atoms with E-state index in [1.54, 1.807) is 12.1 Å². The summed E-state index contributed by atoms with van der Waals surface area (Å²) in [6, 6.07) is 12.0. The Kier molecular flexibility index (Phi) is 6.17. The minimum atomic E-state index is -3.06. The number of hydrogen-bond acceptors (Lipinski definition) is 6. The van der Waals surface area contributed by atoms with Gasteiger partial charge in [0.25, 0.3) is 0 Å². The molecular formula is C21H23ClN2O5S. The maximum absolute atomic E-state index is 13.3. The Morgan fingerprint density at radius 3 is 2.33 bits per heavy atom. The van der Waals surface area contributed by atoms with Gasteiger partial charge >= 0.3 is 0 Å². The average Bonchev–Trinajstić information content (AvgIpc) is 2.95. The highest BCUT2D eigenvalue weighted by atomic mass is 35.5. The first-order valence-electron chi connectivity index (χ1n) is 9.82. The predicted octanol–water partition coefficient (Wildman–Crippen LogP) is 2.91. The monoisotopic (exact) mass is 450 g/mol. The first-order valence-corrected chi connectivity index (χ1v) is 12.0. The lowest BCUT2D eigenvalue weighted by atomic mass is 10.0. The van der Waals surface area contributed by atoms with E-state index in [-0.39, 0.29) is 17.4 Å². The Bertz CT molecular complexity index is 1020. The first kappa shape index (κ1) is 21.0. The molecule has 2 aromatic rings. The molecule has 1 amide bonds. The molecule has 9 heteroatoms. The second-order valence-corrected chi connectivity index (χ2v) is 10.0. The van der Waals surface area contributed by atoms with Crippen molar-refractivity contribution in [2.24, 2.45) is 0 Å². The fourth-order valence-electron chi connectivity index (χ4n) is 3.63. The molecule has 1 N–H and O–H groups in total. The van der Waals surface area contributed by atoms with Crippen molar-refractivity contribution < 1.29 is 22.7 Å². The van der Waals surface area contributed by atoms with Crippen LogP contribution in [-0.4, -0.2) is 57.0 Å². The lowest BCUT2D eigenvalue weighted by Crippen LogP contribution is -2.46.